The Morgan fingerprint density at radius 2 is 2.06 bits per heavy atom. The van der Waals surface area contributed by atoms with Crippen LogP contribution in [-0.2, 0) is 16.6 Å². The summed E-state index contributed by atoms with van der Waals surface area (Å²) in [5.41, 5.74) is 6.32. The van der Waals surface area contributed by atoms with Crippen molar-refractivity contribution >= 4 is 10.0 Å². The van der Waals surface area contributed by atoms with Crippen LogP contribution in [-0.4, -0.2) is 21.6 Å². The topological polar surface area (TPSA) is 81.4 Å². The molecule has 5 nitrogen and oxygen atoms in total. The van der Waals surface area contributed by atoms with E-state index in [2.05, 4.69) is 4.72 Å². The second kappa shape index (κ2) is 5.48. The van der Waals surface area contributed by atoms with Crippen LogP contribution in [0.5, 0.6) is 5.75 Å². The third-order valence-corrected chi connectivity index (χ3v) is 3.84. The minimum atomic E-state index is -3.54. The van der Waals surface area contributed by atoms with Crippen molar-refractivity contribution in [1.82, 2.24) is 4.72 Å². The molecule has 1 rings (SSSR count). The monoisotopic (exact) mass is 258 g/mol. The maximum Gasteiger partial charge on any atom is 0.244 e. The summed E-state index contributed by atoms with van der Waals surface area (Å²) in [5, 5.41) is 0. The molecular weight excluding hydrogens is 240 g/mol. The maximum absolute atomic E-state index is 12.0. The molecule has 3 N–H and O–H groups in total. The van der Waals surface area contributed by atoms with Crippen molar-refractivity contribution in [3.63, 3.8) is 0 Å². The molecule has 0 saturated heterocycles. The lowest BCUT2D eigenvalue weighted by molar-refractivity contribution is 0.401. The number of hydrogen-bond acceptors (Lipinski definition) is 4. The highest BCUT2D eigenvalue weighted by Crippen LogP contribution is 2.24. The number of hydrogen-bond donors (Lipinski definition) is 2. The SMILES string of the molecule is COc1cc(CN)ccc1S(=O)(=O)NC(C)C. The van der Waals surface area contributed by atoms with E-state index in [9.17, 15) is 8.42 Å². The Morgan fingerprint density at radius 3 is 2.53 bits per heavy atom. The van der Waals surface area contributed by atoms with E-state index in [1.165, 1.54) is 13.2 Å². The molecule has 0 aliphatic carbocycles. The Balaban J connectivity index is 3.22. The molecule has 0 unspecified atom stereocenters. The van der Waals surface area contributed by atoms with Crippen molar-refractivity contribution in [2.75, 3.05) is 7.11 Å². The Labute approximate surface area is 102 Å². The van der Waals surface area contributed by atoms with E-state index in [1.54, 1.807) is 26.0 Å². The van der Waals surface area contributed by atoms with Gasteiger partial charge >= 0.3 is 0 Å². The van der Waals surface area contributed by atoms with Crippen molar-refractivity contribution in [2.24, 2.45) is 5.73 Å². The third kappa shape index (κ3) is 3.42. The minimum absolute atomic E-state index is 0.130. The molecule has 0 spiro atoms. The first-order valence-corrected chi connectivity index (χ1v) is 6.78. The highest BCUT2D eigenvalue weighted by Gasteiger charge is 2.20. The van der Waals surface area contributed by atoms with Crippen LogP contribution < -0.4 is 15.2 Å². The van der Waals surface area contributed by atoms with Crippen LogP contribution in [0.1, 0.15) is 19.4 Å². The van der Waals surface area contributed by atoms with Gasteiger partial charge in [0.25, 0.3) is 0 Å². The van der Waals surface area contributed by atoms with E-state index in [-0.39, 0.29) is 10.9 Å². The highest BCUT2D eigenvalue weighted by atomic mass is 32.2. The van der Waals surface area contributed by atoms with Crippen LogP contribution in [0.15, 0.2) is 23.1 Å². The number of ether oxygens (including phenoxy) is 1. The van der Waals surface area contributed by atoms with Gasteiger partial charge in [-0.15, -0.1) is 0 Å². The summed E-state index contributed by atoms with van der Waals surface area (Å²) < 4.78 is 31.6. The second-order valence-electron chi connectivity index (χ2n) is 3.97. The molecule has 6 heteroatoms. The minimum Gasteiger partial charge on any atom is -0.495 e. The Hall–Kier alpha value is -1.11. The van der Waals surface area contributed by atoms with E-state index < -0.39 is 10.0 Å². The molecule has 0 bridgehead atoms. The van der Waals surface area contributed by atoms with Crippen molar-refractivity contribution in [1.29, 1.82) is 0 Å². The number of benzene rings is 1. The molecule has 0 aliphatic rings. The molecule has 0 amide bonds. The standard InChI is InChI=1S/C11H18N2O3S/c1-8(2)13-17(14,15)11-5-4-9(7-12)6-10(11)16-3/h4-6,8,13H,7,12H2,1-3H3. The fourth-order valence-electron chi connectivity index (χ4n) is 1.43. The fourth-order valence-corrected chi connectivity index (χ4v) is 2.84. The first kappa shape index (κ1) is 14.0. The number of methoxy groups -OCH3 is 1. The van der Waals surface area contributed by atoms with Gasteiger partial charge in [-0.25, -0.2) is 13.1 Å². The van der Waals surface area contributed by atoms with Crippen LogP contribution in [0, 0.1) is 0 Å². The van der Waals surface area contributed by atoms with Crippen LogP contribution in [0.25, 0.3) is 0 Å². The molecule has 1 aromatic carbocycles. The number of rotatable bonds is 5. The van der Waals surface area contributed by atoms with Crippen LogP contribution in [0.2, 0.25) is 0 Å². The van der Waals surface area contributed by atoms with Gasteiger partial charge in [0.05, 0.1) is 7.11 Å². The van der Waals surface area contributed by atoms with E-state index in [0.29, 0.717) is 12.3 Å². The summed E-state index contributed by atoms with van der Waals surface area (Å²) in [7, 11) is -2.11. The summed E-state index contributed by atoms with van der Waals surface area (Å²) in [4.78, 5) is 0.130. The molecular formula is C11H18N2O3S. The van der Waals surface area contributed by atoms with Crippen molar-refractivity contribution in [3.05, 3.63) is 23.8 Å². The lowest BCUT2D eigenvalue weighted by Crippen LogP contribution is -2.30. The summed E-state index contributed by atoms with van der Waals surface area (Å²) >= 11 is 0. The number of sulfonamides is 1. The van der Waals surface area contributed by atoms with Gasteiger partial charge in [-0.05, 0) is 31.5 Å². The summed E-state index contributed by atoms with van der Waals surface area (Å²) in [6.07, 6.45) is 0. The molecule has 96 valence electrons. The molecule has 0 aliphatic heterocycles. The van der Waals surface area contributed by atoms with E-state index in [0.717, 1.165) is 5.56 Å². The largest absolute Gasteiger partial charge is 0.495 e. The molecule has 0 saturated carbocycles. The second-order valence-corrected chi connectivity index (χ2v) is 5.65. The van der Waals surface area contributed by atoms with E-state index >= 15 is 0 Å². The van der Waals surface area contributed by atoms with Gasteiger partial charge in [0, 0.05) is 12.6 Å². The predicted molar refractivity (Wildman–Crippen MR) is 66.3 cm³/mol. The average molecular weight is 258 g/mol. The lowest BCUT2D eigenvalue weighted by Gasteiger charge is -2.13. The van der Waals surface area contributed by atoms with Gasteiger partial charge in [0.1, 0.15) is 10.6 Å². The third-order valence-electron chi connectivity index (χ3n) is 2.14. The first-order valence-electron chi connectivity index (χ1n) is 5.30. The normalized spacial score (nSPS) is 11.8. The molecule has 1 aromatic rings. The van der Waals surface area contributed by atoms with Crippen LogP contribution >= 0.6 is 0 Å². The predicted octanol–water partition coefficient (Wildman–Crippen LogP) is 0.841. The zero-order valence-electron chi connectivity index (χ0n) is 10.2. The van der Waals surface area contributed by atoms with E-state index in [1.807, 2.05) is 0 Å². The number of nitrogens with one attached hydrogen (secondary N) is 1. The van der Waals surface area contributed by atoms with Gasteiger partial charge in [-0.2, -0.15) is 0 Å². The fraction of sp³-hybridized carbons (Fsp3) is 0.455. The smallest absolute Gasteiger partial charge is 0.244 e. The van der Waals surface area contributed by atoms with Gasteiger partial charge in [0.15, 0.2) is 0 Å². The molecule has 0 heterocycles. The van der Waals surface area contributed by atoms with Crippen molar-refractivity contribution in [2.45, 2.75) is 31.3 Å². The van der Waals surface area contributed by atoms with E-state index in [4.69, 9.17) is 10.5 Å². The molecule has 0 fully saturated rings. The molecule has 0 atom stereocenters. The first-order chi connectivity index (χ1) is 7.90. The van der Waals surface area contributed by atoms with Crippen molar-refractivity contribution < 1.29 is 13.2 Å². The molecule has 17 heavy (non-hydrogen) atoms. The van der Waals surface area contributed by atoms with Gasteiger partial charge in [-0.3, -0.25) is 0 Å². The number of nitrogens with two attached hydrogens (primary N) is 1. The zero-order chi connectivity index (χ0) is 13.1. The maximum atomic E-state index is 12.0. The van der Waals surface area contributed by atoms with Crippen LogP contribution in [0.4, 0.5) is 0 Å². The van der Waals surface area contributed by atoms with Gasteiger partial charge < -0.3 is 10.5 Å². The Kier molecular flexibility index (Phi) is 4.50. The molecule has 0 aromatic heterocycles. The quantitative estimate of drug-likeness (QED) is 0.820. The molecule has 0 radical (unpaired) electrons. The summed E-state index contributed by atoms with van der Waals surface area (Å²) in [6.45, 7) is 3.87. The Bertz CT molecular complexity index is 483. The van der Waals surface area contributed by atoms with Gasteiger partial charge in [-0.1, -0.05) is 6.07 Å². The lowest BCUT2D eigenvalue weighted by atomic mass is 10.2. The average Bonchev–Trinajstić information content (AvgIpc) is 2.26. The Morgan fingerprint density at radius 1 is 1.41 bits per heavy atom. The highest BCUT2D eigenvalue weighted by molar-refractivity contribution is 7.89. The van der Waals surface area contributed by atoms with Crippen LogP contribution in [0.3, 0.4) is 0 Å². The van der Waals surface area contributed by atoms with Gasteiger partial charge in [0.2, 0.25) is 10.0 Å². The van der Waals surface area contributed by atoms with Crippen molar-refractivity contribution in [3.8, 4) is 5.75 Å². The zero-order valence-corrected chi connectivity index (χ0v) is 11.0. The summed E-state index contributed by atoms with van der Waals surface area (Å²) in [6, 6.07) is 4.65. The summed E-state index contributed by atoms with van der Waals surface area (Å²) in [5.74, 6) is 0.307.